The van der Waals surface area contributed by atoms with E-state index in [1.165, 1.54) is 18.6 Å². The fraction of sp³-hybridized carbons (Fsp3) is 0.567. The van der Waals surface area contributed by atoms with Crippen LogP contribution in [0.3, 0.4) is 0 Å². The summed E-state index contributed by atoms with van der Waals surface area (Å²) in [7, 11) is 0. The molecule has 0 aromatic heterocycles. The summed E-state index contributed by atoms with van der Waals surface area (Å²) in [6.07, 6.45) is 0.776. The molecule has 0 bridgehead atoms. The minimum atomic E-state index is -4.88. The summed E-state index contributed by atoms with van der Waals surface area (Å²) >= 11 is 0. The molecule has 1 heterocycles. The molecule has 2 aromatic carbocycles. The van der Waals surface area contributed by atoms with Gasteiger partial charge in [-0.05, 0) is 74.6 Å². The van der Waals surface area contributed by atoms with E-state index in [1.807, 2.05) is 6.92 Å². The predicted molar refractivity (Wildman–Crippen MR) is 136 cm³/mol. The van der Waals surface area contributed by atoms with Crippen LogP contribution in [0.4, 0.5) is 17.6 Å². The van der Waals surface area contributed by atoms with Gasteiger partial charge in [0, 0.05) is 11.5 Å². The second-order valence-corrected chi connectivity index (χ2v) is 10.3. The van der Waals surface area contributed by atoms with Crippen molar-refractivity contribution in [2.75, 3.05) is 13.2 Å². The molecule has 2 unspecified atom stereocenters. The number of alkyl halides is 3. The average Bonchev–Trinajstić information content (AvgIpc) is 2.90. The second-order valence-electron chi connectivity index (χ2n) is 10.3. The highest BCUT2D eigenvalue weighted by atomic mass is 19.4. The number of ether oxygens (including phenoxy) is 3. The van der Waals surface area contributed by atoms with E-state index < -0.39 is 35.5 Å². The monoisotopic (exact) mass is 536 g/mol. The summed E-state index contributed by atoms with van der Waals surface area (Å²) in [5.41, 5.74) is -1.22. The molecule has 4 rings (SSSR count). The molecule has 0 N–H and O–H groups in total. The van der Waals surface area contributed by atoms with E-state index >= 15 is 4.39 Å². The van der Waals surface area contributed by atoms with E-state index in [-0.39, 0.29) is 36.7 Å². The Morgan fingerprint density at radius 1 is 0.974 bits per heavy atom. The Kier molecular flexibility index (Phi) is 9.34. The van der Waals surface area contributed by atoms with Crippen LogP contribution in [0.2, 0.25) is 0 Å². The van der Waals surface area contributed by atoms with Gasteiger partial charge in [0.25, 0.3) is 0 Å². The van der Waals surface area contributed by atoms with Crippen LogP contribution in [0.25, 0.3) is 11.1 Å². The summed E-state index contributed by atoms with van der Waals surface area (Å²) in [5, 5.41) is 0. The van der Waals surface area contributed by atoms with E-state index in [1.54, 1.807) is 24.3 Å². The highest BCUT2D eigenvalue weighted by Gasteiger charge is 2.41. The minimum absolute atomic E-state index is 0.103. The first-order chi connectivity index (χ1) is 18.2. The van der Waals surface area contributed by atoms with Gasteiger partial charge in [-0.25, -0.2) is 9.18 Å². The number of carbonyl (C=O) groups is 1. The third-order valence-electron chi connectivity index (χ3n) is 7.69. The van der Waals surface area contributed by atoms with Crippen LogP contribution in [-0.4, -0.2) is 31.4 Å². The molecule has 0 spiro atoms. The maximum atomic E-state index is 15.4. The first-order valence-corrected chi connectivity index (χ1v) is 13.7. The molecule has 1 saturated carbocycles. The molecule has 2 aliphatic rings. The van der Waals surface area contributed by atoms with E-state index in [2.05, 4.69) is 6.92 Å². The van der Waals surface area contributed by atoms with Gasteiger partial charge in [0.1, 0.15) is 17.7 Å². The standard InChI is InChI=1S/C30H36F4O4/c1-3-5-19-6-11-23(12-7-19)38-29(35)26-17-10-21(18-37-26)24-15-16-25(28(31)27(24)30(32,33)34)20-8-13-22(14-9-20)36-4-2/h8-9,13-16,19,21,23,26H,3-7,10-12,17-18H2,1-2H3. The SMILES string of the molecule is CCCC1CCC(OC(=O)C2CCC(c3ccc(-c4ccc(OCC)cc4)c(F)c3C(F)(F)F)CO2)CC1. The Morgan fingerprint density at radius 3 is 2.26 bits per heavy atom. The number of hydrogen-bond donors (Lipinski definition) is 0. The van der Waals surface area contributed by atoms with E-state index in [0.717, 1.165) is 32.1 Å². The van der Waals surface area contributed by atoms with Crippen molar-refractivity contribution in [3.05, 3.63) is 53.3 Å². The lowest BCUT2D eigenvalue weighted by molar-refractivity contribution is -0.168. The Labute approximate surface area is 221 Å². The summed E-state index contributed by atoms with van der Waals surface area (Å²) in [6, 6.07) is 9.00. The zero-order valence-electron chi connectivity index (χ0n) is 22.0. The molecule has 2 aromatic rings. The molecule has 2 atom stereocenters. The Hall–Kier alpha value is -2.61. The molecular weight excluding hydrogens is 500 g/mol. The van der Waals surface area contributed by atoms with Gasteiger partial charge in [0.05, 0.1) is 18.8 Å². The van der Waals surface area contributed by atoms with E-state index in [4.69, 9.17) is 14.2 Å². The van der Waals surface area contributed by atoms with Gasteiger partial charge < -0.3 is 14.2 Å². The van der Waals surface area contributed by atoms with Crippen molar-refractivity contribution in [3.63, 3.8) is 0 Å². The predicted octanol–water partition coefficient (Wildman–Crippen LogP) is 8.07. The molecule has 2 fully saturated rings. The van der Waals surface area contributed by atoms with Gasteiger partial charge in [-0.1, -0.05) is 44.0 Å². The fourth-order valence-corrected chi connectivity index (χ4v) is 5.71. The molecule has 0 amide bonds. The zero-order chi connectivity index (χ0) is 27.3. The van der Waals surface area contributed by atoms with Crippen LogP contribution in [-0.2, 0) is 20.4 Å². The highest BCUT2D eigenvalue weighted by molar-refractivity contribution is 5.75. The molecule has 1 aliphatic carbocycles. The van der Waals surface area contributed by atoms with Gasteiger partial charge in [-0.3, -0.25) is 0 Å². The molecule has 208 valence electrons. The van der Waals surface area contributed by atoms with Crippen molar-refractivity contribution in [2.45, 2.75) is 89.5 Å². The molecular formula is C30H36F4O4. The Bertz CT molecular complexity index is 1070. The number of carbonyl (C=O) groups excluding carboxylic acids is 1. The van der Waals surface area contributed by atoms with Gasteiger partial charge in [-0.2, -0.15) is 13.2 Å². The van der Waals surface area contributed by atoms with Crippen LogP contribution < -0.4 is 4.74 Å². The smallest absolute Gasteiger partial charge is 0.419 e. The topological polar surface area (TPSA) is 44.8 Å². The van der Waals surface area contributed by atoms with Crippen molar-refractivity contribution in [3.8, 4) is 16.9 Å². The van der Waals surface area contributed by atoms with Crippen molar-refractivity contribution in [1.82, 2.24) is 0 Å². The summed E-state index contributed by atoms with van der Waals surface area (Å²) in [6.45, 7) is 4.33. The maximum absolute atomic E-state index is 15.4. The fourth-order valence-electron chi connectivity index (χ4n) is 5.71. The number of halogens is 4. The quantitative estimate of drug-likeness (QED) is 0.253. The van der Waals surface area contributed by atoms with E-state index in [9.17, 15) is 18.0 Å². The van der Waals surface area contributed by atoms with E-state index in [0.29, 0.717) is 23.8 Å². The molecule has 0 radical (unpaired) electrons. The molecule has 4 nitrogen and oxygen atoms in total. The van der Waals surface area contributed by atoms with Gasteiger partial charge in [-0.15, -0.1) is 0 Å². The Morgan fingerprint density at radius 2 is 1.68 bits per heavy atom. The van der Waals surface area contributed by atoms with Crippen molar-refractivity contribution < 1.29 is 36.6 Å². The third-order valence-corrected chi connectivity index (χ3v) is 7.69. The molecule has 1 saturated heterocycles. The summed E-state index contributed by atoms with van der Waals surface area (Å²) in [5.74, 6) is -1.19. The van der Waals surface area contributed by atoms with Gasteiger partial charge in [0.2, 0.25) is 0 Å². The number of benzene rings is 2. The molecule has 8 heteroatoms. The second kappa shape index (κ2) is 12.5. The number of rotatable bonds is 8. The van der Waals surface area contributed by atoms with Crippen LogP contribution >= 0.6 is 0 Å². The zero-order valence-corrected chi connectivity index (χ0v) is 22.0. The molecule has 38 heavy (non-hydrogen) atoms. The number of esters is 1. The van der Waals surface area contributed by atoms with Crippen molar-refractivity contribution in [2.24, 2.45) is 5.92 Å². The van der Waals surface area contributed by atoms with Gasteiger partial charge in [0.15, 0.2) is 6.10 Å². The third kappa shape index (κ3) is 6.68. The maximum Gasteiger partial charge on any atom is 0.419 e. The van der Waals surface area contributed by atoms with Crippen LogP contribution in [0.1, 0.15) is 82.3 Å². The largest absolute Gasteiger partial charge is 0.494 e. The van der Waals surface area contributed by atoms with Crippen LogP contribution in [0, 0.1) is 11.7 Å². The lowest BCUT2D eigenvalue weighted by Gasteiger charge is -2.32. The average molecular weight is 537 g/mol. The number of hydrogen-bond acceptors (Lipinski definition) is 4. The normalized spacial score (nSPS) is 24.2. The first-order valence-electron chi connectivity index (χ1n) is 13.7. The van der Waals surface area contributed by atoms with Crippen molar-refractivity contribution >= 4 is 5.97 Å². The first kappa shape index (κ1) is 28.4. The van der Waals surface area contributed by atoms with Crippen LogP contribution in [0.5, 0.6) is 5.75 Å². The van der Waals surface area contributed by atoms with Gasteiger partial charge >= 0.3 is 12.1 Å². The minimum Gasteiger partial charge on any atom is -0.494 e. The van der Waals surface area contributed by atoms with Crippen LogP contribution in [0.15, 0.2) is 36.4 Å². The lowest BCUT2D eigenvalue weighted by atomic mass is 9.84. The van der Waals surface area contributed by atoms with Crippen molar-refractivity contribution in [1.29, 1.82) is 0 Å². The Balaban J connectivity index is 1.43. The highest BCUT2D eigenvalue weighted by Crippen LogP contribution is 2.43. The molecule has 1 aliphatic heterocycles. The lowest BCUT2D eigenvalue weighted by Crippen LogP contribution is -2.36. The summed E-state index contributed by atoms with van der Waals surface area (Å²) < 4.78 is 74.4. The summed E-state index contributed by atoms with van der Waals surface area (Å²) in [4.78, 5) is 12.7.